The van der Waals surface area contributed by atoms with E-state index >= 15 is 0 Å². The van der Waals surface area contributed by atoms with Gasteiger partial charge in [-0.1, -0.05) is 48.0 Å². The van der Waals surface area contributed by atoms with Gasteiger partial charge >= 0.3 is 0 Å². The molecule has 27 heavy (non-hydrogen) atoms. The van der Waals surface area contributed by atoms with Crippen LogP contribution in [0.2, 0.25) is 5.02 Å². The second kappa shape index (κ2) is 8.92. The van der Waals surface area contributed by atoms with Crippen LogP contribution in [0.3, 0.4) is 0 Å². The fourth-order valence-corrected chi connectivity index (χ4v) is 4.25. The zero-order valence-corrected chi connectivity index (χ0v) is 17.0. The number of rotatable bonds is 6. The molecule has 0 amide bonds. The van der Waals surface area contributed by atoms with Crippen LogP contribution in [0, 0.1) is 5.92 Å². The molecule has 144 valence electrons. The second-order valence-corrected chi connectivity index (χ2v) is 8.04. The molecule has 4 heteroatoms. The molecule has 3 nitrogen and oxygen atoms in total. The van der Waals surface area contributed by atoms with Gasteiger partial charge in [-0.2, -0.15) is 0 Å². The van der Waals surface area contributed by atoms with Gasteiger partial charge in [0, 0.05) is 23.3 Å². The normalized spacial score (nSPS) is 18.3. The van der Waals surface area contributed by atoms with Gasteiger partial charge in [0.15, 0.2) is 0 Å². The lowest BCUT2D eigenvalue weighted by Gasteiger charge is -2.41. The Kier molecular flexibility index (Phi) is 6.59. The first-order valence-corrected chi connectivity index (χ1v) is 10.2. The number of hydrogen-bond acceptors (Lipinski definition) is 3. The van der Waals surface area contributed by atoms with Gasteiger partial charge in [0.25, 0.3) is 0 Å². The maximum absolute atomic E-state index is 6.79. The number of nitrogens with zero attached hydrogens (tertiary/aromatic N) is 1. The first-order chi connectivity index (χ1) is 13.0. The smallest absolute Gasteiger partial charge is 0.0805 e. The van der Waals surface area contributed by atoms with Crippen molar-refractivity contribution in [2.45, 2.75) is 51.9 Å². The van der Waals surface area contributed by atoms with E-state index in [4.69, 9.17) is 23.1 Å². The Labute approximate surface area is 168 Å². The van der Waals surface area contributed by atoms with Crippen molar-refractivity contribution >= 4 is 22.9 Å². The maximum Gasteiger partial charge on any atom is 0.0805 e. The topological polar surface area (TPSA) is 55.3 Å². The van der Waals surface area contributed by atoms with E-state index in [0.717, 1.165) is 30.5 Å². The largest absolute Gasteiger partial charge is 0.353 e. The Hall–Kier alpha value is -1.81. The molecule has 0 fully saturated rings. The van der Waals surface area contributed by atoms with Crippen LogP contribution in [0.5, 0.6) is 0 Å². The van der Waals surface area contributed by atoms with Crippen LogP contribution in [0.25, 0.3) is 5.57 Å². The number of anilines is 1. The average Bonchev–Trinajstić information content (AvgIpc) is 2.69. The first-order valence-electron chi connectivity index (χ1n) is 9.78. The van der Waals surface area contributed by atoms with Gasteiger partial charge in [-0.05, 0) is 73.9 Å². The zero-order chi connectivity index (χ0) is 19.4. The third-order valence-corrected chi connectivity index (χ3v) is 5.73. The average molecular weight is 384 g/mol. The van der Waals surface area contributed by atoms with Gasteiger partial charge < -0.3 is 16.4 Å². The molecule has 0 bridgehead atoms. The molecule has 2 aromatic rings. The molecule has 0 saturated heterocycles. The quantitative estimate of drug-likeness (QED) is 0.675. The highest BCUT2D eigenvalue weighted by atomic mass is 35.5. The molecule has 1 aliphatic rings. The van der Waals surface area contributed by atoms with Gasteiger partial charge in [0.1, 0.15) is 0 Å². The van der Waals surface area contributed by atoms with E-state index in [-0.39, 0.29) is 12.2 Å². The lowest BCUT2D eigenvalue weighted by atomic mass is 9.84. The number of allylic oxidation sites excluding steroid dienone is 2. The Morgan fingerprint density at radius 3 is 2.48 bits per heavy atom. The van der Waals surface area contributed by atoms with Crippen molar-refractivity contribution < 1.29 is 0 Å². The van der Waals surface area contributed by atoms with E-state index in [1.165, 1.54) is 11.1 Å². The van der Waals surface area contributed by atoms with E-state index in [1.54, 1.807) is 0 Å². The molecule has 1 aliphatic carbocycles. The summed E-state index contributed by atoms with van der Waals surface area (Å²) in [5.41, 5.74) is 17.7. The maximum atomic E-state index is 6.79. The van der Waals surface area contributed by atoms with Crippen molar-refractivity contribution in [1.82, 2.24) is 0 Å². The first kappa shape index (κ1) is 19.9. The van der Waals surface area contributed by atoms with Crippen molar-refractivity contribution in [3.63, 3.8) is 0 Å². The summed E-state index contributed by atoms with van der Waals surface area (Å²) in [7, 11) is 0. The standard InChI is InChI=1S/C23H30ClN3/c1-16(2)27(22-13-12-21(24)14-20(22)15-25)23(26)19-10-8-18(9-11-19)17-6-4-3-5-7-17/h3-8,12-14,16,19,23H,9-11,15,25-26H2,1-2H3. The fraction of sp³-hybridized carbons (Fsp3) is 0.391. The summed E-state index contributed by atoms with van der Waals surface area (Å²) >= 11 is 6.17. The predicted octanol–water partition coefficient (Wildman–Crippen LogP) is 5.18. The lowest BCUT2D eigenvalue weighted by Crippen LogP contribution is -2.51. The minimum atomic E-state index is -0.0509. The molecule has 0 aliphatic heterocycles. The Bertz CT molecular complexity index is 785. The number of benzene rings is 2. The fourth-order valence-electron chi connectivity index (χ4n) is 4.06. The molecule has 4 N–H and O–H groups in total. The van der Waals surface area contributed by atoms with Gasteiger partial charge in [-0.15, -0.1) is 0 Å². The summed E-state index contributed by atoms with van der Waals surface area (Å²) in [4.78, 5) is 2.31. The van der Waals surface area contributed by atoms with Crippen LogP contribution in [0.4, 0.5) is 5.69 Å². The molecule has 0 heterocycles. The van der Waals surface area contributed by atoms with E-state index in [9.17, 15) is 0 Å². The van der Waals surface area contributed by atoms with Crippen molar-refractivity contribution in [3.8, 4) is 0 Å². The predicted molar refractivity (Wildman–Crippen MR) is 117 cm³/mol. The van der Waals surface area contributed by atoms with Crippen molar-refractivity contribution in [1.29, 1.82) is 0 Å². The molecule has 2 unspecified atom stereocenters. The van der Waals surface area contributed by atoms with Crippen LogP contribution < -0.4 is 16.4 Å². The third kappa shape index (κ3) is 4.55. The summed E-state index contributed by atoms with van der Waals surface area (Å²) < 4.78 is 0. The minimum Gasteiger partial charge on any atom is -0.353 e. The molecule has 0 spiro atoms. The van der Waals surface area contributed by atoms with Crippen molar-refractivity contribution in [2.24, 2.45) is 17.4 Å². The Morgan fingerprint density at radius 2 is 1.89 bits per heavy atom. The second-order valence-electron chi connectivity index (χ2n) is 7.60. The van der Waals surface area contributed by atoms with Gasteiger partial charge in [-0.25, -0.2) is 0 Å². The molecular weight excluding hydrogens is 354 g/mol. The molecule has 0 aromatic heterocycles. The van der Waals surface area contributed by atoms with Crippen molar-refractivity contribution in [2.75, 3.05) is 4.90 Å². The monoisotopic (exact) mass is 383 g/mol. The van der Waals surface area contributed by atoms with Crippen molar-refractivity contribution in [3.05, 3.63) is 70.8 Å². The van der Waals surface area contributed by atoms with Gasteiger partial charge in [0.2, 0.25) is 0 Å². The molecular formula is C23H30ClN3. The lowest BCUT2D eigenvalue weighted by molar-refractivity contribution is 0.363. The van der Waals surface area contributed by atoms with Crippen LogP contribution in [0.15, 0.2) is 54.6 Å². The third-order valence-electron chi connectivity index (χ3n) is 5.50. The minimum absolute atomic E-state index is 0.0509. The highest BCUT2D eigenvalue weighted by Gasteiger charge is 2.29. The zero-order valence-electron chi connectivity index (χ0n) is 16.2. The SMILES string of the molecule is CC(C)N(c1ccc(Cl)cc1CN)C(N)C1CC=C(c2ccccc2)CC1. The number of hydrogen-bond donors (Lipinski definition) is 2. The Morgan fingerprint density at radius 1 is 1.15 bits per heavy atom. The molecule has 2 atom stereocenters. The van der Waals surface area contributed by atoms with Crippen LogP contribution in [-0.4, -0.2) is 12.2 Å². The summed E-state index contributed by atoms with van der Waals surface area (Å²) in [5.74, 6) is 0.418. The summed E-state index contributed by atoms with van der Waals surface area (Å²) in [5, 5.41) is 0.713. The van der Waals surface area contributed by atoms with E-state index in [2.05, 4.69) is 61.2 Å². The Balaban J connectivity index is 1.81. The summed E-state index contributed by atoms with van der Waals surface area (Å²) in [6, 6.07) is 16.9. The molecule has 0 radical (unpaired) electrons. The number of nitrogens with two attached hydrogens (primary N) is 2. The highest BCUT2D eigenvalue weighted by Crippen LogP contribution is 2.35. The van der Waals surface area contributed by atoms with Gasteiger partial charge in [0.05, 0.1) is 6.17 Å². The van der Waals surface area contributed by atoms with Gasteiger partial charge in [-0.3, -0.25) is 0 Å². The molecule has 2 aromatic carbocycles. The summed E-state index contributed by atoms with van der Waals surface area (Å²) in [6.45, 7) is 4.82. The number of halogens is 1. The molecule has 0 saturated carbocycles. The van der Waals surface area contributed by atoms with Crippen LogP contribution in [0.1, 0.15) is 44.2 Å². The summed E-state index contributed by atoms with van der Waals surface area (Å²) in [6.07, 6.45) is 5.48. The molecule has 3 rings (SSSR count). The van der Waals surface area contributed by atoms with E-state index < -0.39 is 0 Å². The van der Waals surface area contributed by atoms with E-state index in [1.807, 2.05) is 12.1 Å². The van der Waals surface area contributed by atoms with E-state index in [0.29, 0.717) is 17.5 Å². The van der Waals surface area contributed by atoms with Crippen LogP contribution in [-0.2, 0) is 6.54 Å². The van der Waals surface area contributed by atoms with Crippen LogP contribution >= 0.6 is 11.6 Å². The highest BCUT2D eigenvalue weighted by molar-refractivity contribution is 6.30.